The first-order valence-corrected chi connectivity index (χ1v) is 10.9. The maximum absolute atomic E-state index is 13.3. The van der Waals surface area contributed by atoms with Crippen molar-refractivity contribution in [1.29, 1.82) is 0 Å². The number of Topliss-reactive ketones (excluding diaryl/α,β-unsaturated/α-hetero) is 1. The Morgan fingerprint density at radius 2 is 1.50 bits per heavy atom. The van der Waals surface area contributed by atoms with Crippen LogP contribution in [0.25, 0.3) is 0 Å². The molecule has 1 heterocycles. The molecule has 3 fully saturated rings. The molecule has 2 aromatic rings. The summed E-state index contributed by atoms with van der Waals surface area (Å²) in [5.74, 6) is 0.159. The molecular formula is C26H21NO5. The van der Waals surface area contributed by atoms with Gasteiger partial charge in [0, 0.05) is 5.56 Å². The van der Waals surface area contributed by atoms with E-state index in [0.717, 1.165) is 6.42 Å². The predicted molar refractivity (Wildman–Crippen MR) is 115 cm³/mol. The Bertz CT molecular complexity index is 1180. The van der Waals surface area contributed by atoms with Crippen LogP contribution in [-0.4, -0.2) is 23.6 Å². The largest absolute Gasteiger partial charge is 0.423 e. The van der Waals surface area contributed by atoms with Gasteiger partial charge in [-0.1, -0.05) is 18.2 Å². The normalized spacial score (nSPS) is 31.3. The van der Waals surface area contributed by atoms with Crippen molar-refractivity contribution < 1.29 is 23.9 Å². The van der Waals surface area contributed by atoms with E-state index in [-0.39, 0.29) is 46.8 Å². The van der Waals surface area contributed by atoms with Crippen LogP contribution in [0.4, 0.5) is 5.69 Å². The summed E-state index contributed by atoms with van der Waals surface area (Å²) in [7, 11) is 0. The summed E-state index contributed by atoms with van der Waals surface area (Å²) in [6.07, 6.45) is 5.39. The molecule has 6 atom stereocenters. The number of nitrogens with zero attached hydrogens (tertiary/aromatic N) is 1. The highest BCUT2D eigenvalue weighted by Crippen LogP contribution is 2.65. The highest BCUT2D eigenvalue weighted by atomic mass is 16.5. The molecule has 0 N–H and O–H groups in total. The highest BCUT2D eigenvalue weighted by molar-refractivity contribution is 6.23. The van der Waals surface area contributed by atoms with E-state index in [1.165, 1.54) is 17.9 Å². The van der Waals surface area contributed by atoms with Crippen molar-refractivity contribution in [3.8, 4) is 5.75 Å². The Balaban J connectivity index is 1.25. The van der Waals surface area contributed by atoms with Crippen LogP contribution in [-0.2, 0) is 9.59 Å². The summed E-state index contributed by atoms with van der Waals surface area (Å²) < 4.78 is 5.42. The van der Waals surface area contributed by atoms with E-state index in [1.54, 1.807) is 42.5 Å². The van der Waals surface area contributed by atoms with Crippen LogP contribution in [0.5, 0.6) is 5.75 Å². The highest BCUT2D eigenvalue weighted by Gasteiger charge is 2.67. The Labute approximate surface area is 184 Å². The molecule has 2 bridgehead atoms. The standard InChI is InChI=1S/C26H21NO5/c1-13(28)14-5-7-17(8-6-14)32-26(31)15-3-2-4-16(11-15)27-24(29)22-18-9-10-19(21-12-20(18)21)23(22)25(27)30/h2-11,18-23H,12H2,1H3/t18-,19-,20-,21-,22+,23+/m0/s1. The van der Waals surface area contributed by atoms with Crippen LogP contribution in [0.3, 0.4) is 0 Å². The molecule has 1 saturated heterocycles. The maximum atomic E-state index is 13.3. The fourth-order valence-corrected chi connectivity index (χ4v) is 5.91. The number of benzene rings is 2. The van der Waals surface area contributed by atoms with Gasteiger partial charge in [-0.15, -0.1) is 0 Å². The summed E-state index contributed by atoms with van der Waals surface area (Å²) >= 11 is 0. The van der Waals surface area contributed by atoms with Crippen molar-refractivity contribution in [2.45, 2.75) is 13.3 Å². The number of amides is 2. The average molecular weight is 427 g/mol. The number of anilines is 1. The minimum Gasteiger partial charge on any atom is -0.423 e. The molecule has 160 valence electrons. The van der Waals surface area contributed by atoms with Crippen molar-refractivity contribution in [2.75, 3.05) is 4.90 Å². The van der Waals surface area contributed by atoms with Gasteiger partial charge in [-0.3, -0.25) is 14.4 Å². The maximum Gasteiger partial charge on any atom is 0.343 e. The summed E-state index contributed by atoms with van der Waals surface area (Å²) in [6.45, 7) is 1.47. The van der Waals surface area contributed by atoms with Gasteiger partial charge in [-0.25, -0.2) is 9.69 Å². The van der Waals surface area contributed by atoms with Gasteiger partial charge >= 0.3 is 5.97 Å². The first-order valence-electron chi connectivity index (χ1n) is 10.9. The topological polar surface area (TPSA) is 80.8 Å². The fourth-order valence-electron chi connectivity index (χ4n) is 5.91. The van der Waals surface area contributed by atoms with Gasteiger partial charge in [0.2, 0.25) is 11.8 Å². The molecule has 0 spiro atoms. The molecule has 0 unspecified atom stereocenters. The van der Waals surface area contributed by atoms with Crippen molar-refractivity contribution >= 4 is 29.3 Å². The predicted octanol–water partition coefficient (Wildman–Crippen LogP) is 3.67. The van der Waals surface area contributed by atoms with Gasteiger partial charge in [-0.2, -0.15) is 0 Å². The lowest BCUT2D eigenvalue weighted by atomic mass is 9.63. The van der Waals surface area contributed by atoms with Crippen molar-refractivity contribution in [3.05, 3.63) is 71.8 Å². The second-order valence-corrected chi connectivity index (χ2v) is 9.19. The number of carbonyl (C=O) groups excluding carboxylic acids is 4. The molecule has 32 heavy (non-hydrogen) atoms. The number of ketones is 1. The van der Waals surface area contributed by atoms with Crippen LogP contribution in [0.1, 0.15) is 34.1 Å². The van der Waals surface area contributed by atoms with Crippen molar-refractivity contribution in [3.63, 3.8) is 0 Å². The number of imide groups is 1. The number of hydrogen-bond donors (Lipinski definition) is 0. The number of hydrogen-bond acceptors (Lipinski definition) is 5. The van der Waals surface area contributed by atoms with E-state index in [1.807, 2.05) is 0 Å². The number of rotatable bonds is 4. The van der Waals surface area contributed by atoms with Gasteiger partial charge in [0.1, 0.15) is 5.75 Å². The lowest BCUT2D eigenvalue weighted by molar-refractivity contribution is -0.124. The lowest BCUT2D eigenvalue weighted by Gasteiger charge is -2.37. The zero-order chi connectivity index (χ0) is 22.1. The summed E-state index contributed by atoms with van der Waals surface area (Å²) in [6, 6.07) is 12.8. The zero-order valence-electron chi connectivity index (χ0n) is 17.4. The second kappa shape index (κ2) is 6.73. The summed E-state index contributed by atoms with van der Waals surface area (Å²) in [4.78, 5) is 51.9. The van der Waals surface area contributed by atoms with Gasteiger partial charge in [0.05, 0.1) is 23.1 Å². The molecule has 5 aliphatic rings. The molecule has 4 aliphatic carbocycles. The minimum absolute atomic E-state index is 0.0722. The van der Waals surface area contributed by atoms with Crippen LogP contribution in [0, 0.1) is 35.5 Å². The second-order valence-electron chi connectivity index (χ2n) is 9.19. The Morgan fingerprint density at radius 1 is 0.875 bits per heavy atom. The van der Waals surface area contributed by atoms with Crippen molar-refractivity contribution in [2.24, 2.45) is 35.5 Å². The van der Waals surface area contributed by atoms with E-state index >= 15 is 0 Å². The molecule has 2 amide bonds. The number of carbonyl (C=O) groups is 4. The molecule has 0 aromatic heterocycles. The number of ether oxygens (including phenoxy) is 1. The summed E-state index contributed by atoms with van der Waals surface area (Å²) in [5.41, 5.74) is 1.18. The van der Waals surface area contributed by atoms with Crippen LogP contribution in [0.2, 0.25) is 0 Å². The van der Waals surface area contributed by atoms with Crippen molar-refractivity contribution in [1.82, 2.24) is 0 Å². The Morgan fingerprint density at radius 3 is 2.09 bits per heavy atom. The molecule has 2 saturated carbocycles. The summed E-state index contributed by atoms with van der Waals surface area (Å²) in [5, 5.41) is 0. The van der Waals surface area contributed by atoms with Gasteiger partial charge < -0.3 is 4.74 Å². The minimum atomic E-state index is -0.595. The monoisotopic (exact) mass is 427 g/mol. The van der Waals surface area contributed by atoms with Crippen LogP contribution >= 0.6 is 0 Å². The molecule has 6 nitrogen and oxygen atoms in total. The van der Waals surface area contributed by atoms with E-state index in [9.17, 15) is 19.2 Å². The van der Waals surface area contributed by atoms with Crippen LogP contribution < -0.4 is 9.64 Å². The van der Waals surface area contributed by atoms with Gasteiger partial charge in [0.15, 0.2) is 5.78 Å². The third-order valence-electron chi connectivity index (χ3n) is 7.47. The van der Waals surface area contributed by atoms with Crippen LogP contribution in [0.15, 0.2) is 60.7 Å². The third kappa shape index (κ3) is 2.72. The fraction of sp³-hybridized carbons (Fsp3) is 0.308. The molecule has 2 aromatic carbocycles. The van der Waals surface area contributed by atoms with Gasteiger partial charge in [0.25, 0.3) is 0 Å². The van der Waals surface area contributed by atoms with E-state index in [4.69, 9.17) is 4.74 Å². The van der Waals surface area contributed by atoms with Gasteiger partial charge in [-0.05, 0) is 79.5 Å². The Kier molecular flexibility index (Phi) is 4.03. The smallest absolute Gasteiger partial charge is 0.343 e. The molecule has 7 rings (SSSR count). The first kappa shape index (κ1) is 19.2. The average Bonchev–Trinajstić information content (AvgIpc) is 3.57. The van der Waals surface area contributed by atoms with E-state index < -0.39 is 5.97 Å². The number of allylic oxidation sites excluding steroid dienone is 2. The lowest BCUT2D eigenvalue weighted by Crippen LogP contribution is -2.40. The number of esters is 1. The van der Waals surface area contributed by atoms with E-state index in [0.29, 0.717) is 28.8 Å². The quantitative estimate of drug-likeness (QED) is 0.245. The molecule has 1 aliphatic heterocycles. The first-order chi connectivity index (χ1) is 15.4. The zero-order valence-corrected chi connectivity index (χ0v) is 17.4. The molecular weight excluding hydrogens is 406 g/mol. The molecule has 0 radical (unpaired) electrons. The Hall–Kier alpha value is -3.54. The molecule has 6 heteroatoms. The third-order valence-corrected chi connectivity index (χ3v) is 7.47. The van der Waals surface area contributed by atoms with E-state index in [2.05, 4.69) is 12.2 Å². The SMILES string of the molecule is CC(=O)c1ccc(OC(=O)c2cccc(N3C(=O)[C@@H]4[C@H]5C=C[C@@H]([C@@H]6C[C@@H]56)[C@H]4C3=O)c2)cc1.